The van der Waals surface area contributed by atoms with Crippen LogP contribution in [0.15, 0.2) is 12.3 Å². The van der Waals surface area contributed by atoms with Crippen LogP contribution in [0.4, 0.5) is 5.69 Å². The lowest BCUT2D eigenvalue weighted by Gasteiger charge is -2.26. The third-order valence-electron chi connectivity index (χ3n) is 3.75. The van der Waals surface area contributed by atoms with Crippen LogP contribution < -0.4 is 10.1 Å². The summed E-state index contributed by atoms with van der Waals surface area (Å²) in [6, 6.07) is 1.84. The second-order valence-corrected chi connectivity index (χ2v) is 5.68. The molecule has 1 amide bonds. The van der Waals surface area contributed by atoms with Gasteiger partial charge in [0.25, 0.3) is 5.91 Å². The molecule has 1 aromatic rings. The van der Waals surface area contributed by atoms with Crippen LogP contribution in [-0.4, -0.2) is 43.9 Å². The zero-order valence-electron chi connectivity index (χ0n) is 14.8. The fourth-order valence-corrected chi connectivity index (χ4v) is 2.09. The van der Waals surface area contributed by atoms with E-state index in [0.717, 1.165) is 18.4 Å². The predicted molar refractivity (Wildman–Crippen MR) is 89.9 cm³/mol. The van der Waals surface area contributed by atoms with E-state index in [4.69, 9.17) is 14.2 Å². The molecule has 0 aliphatic heterocycles. The summed E-state index contributed by atoms with van der Waals surface area (Å²) in [4.78, 5) is 16.7. The van der Waals surface area contributed by atoms with Gasteiger partial charge < -0.3 is 19.5 Å². The smallest absolute Gasteiger partial charge is 0.256 e. The number of ether oxygens (including phenoxy) is 3. The second kappa shape index (κ2) is 9.47. The molecule has 0 bridgehead atoms. The van der Waals surface area contributed by atoms with Crippen LogP contribution in [0.5, 0.6) is 5.88 Å². The van der Waals surface area contributed by atoms with E-state index < -0.39 is 5.60 Å². The molecular weight excluding hydrogens is 296 g/mol. The molecule has 0 radical (unpaired) electrons. The first-order valence-corrected chi connectivity index (χ1v) is 7.91. The van der Waals surface area contributed by atoms with E-state index in [9.17, 15) is 4.79 Å². The number of anilines is 1. The number of unbranched alkanes of at least 4 members (excludes halogenated alkanes) is 1. The van der Waals surface area contributed by atoms with E-state index in [0.29, 0.717) is 31.2 Å². The normalized spacial score (nSPS) is 13.4. The van der Waals surface area contributed by atoms with Crippen molar-refractivity contribution in [1.29, 1.82) is 0 Å². The fourth-order valence-electron chi connectivity index (χ4n) is 2.09. The van der Waals surface area contributed by atoms with Crippen molar-refractivity contribution in [3.63, 3.8) is 0 Å². The minimum Gasteiger partial charge on any atom is -0.475 e. The number of carbonyl (C=O) groups is 1. The van der Waals surface area contributed by atoms with Gasteiger partial charge in [-0.3, -0.25) is 4.79 Å². The number of hydrogen-bond acceptors (Lipinski definition) is 5. The Hall–Kier alpha value is -1.66. The number of nitrogens with one attached hydrogen (secondary N) is 1. The molecule has 23 heavy (non-hydrogen) atoms. The maximum atomic E-state index is 12.5. The van der Waals surface area contributed by atoms with Gasteiger partial charge in [0.1, 0.15) is 12.2 Å². The minimum absolute atomic E-state index is 0.164. The Kier molecular flexibility index (Phi) is 7.98. The largest absolute Gasteiger partial charge is 0.475 e. The van der Waals surface area contributed by atoms with Crippen molar-refractivity contribution in [2.24, 2.45) is 0 Å². The summed E-state index contributed by atoms with van der Waals surface area (Å²) in [6.07, 6.45) is 4.21. The quantitative estimate of drug-likeness (QED) is 0.670. The third-order valence-corrected chi connectivity index (χ3v) is 3.75. The Morgan fingerprint density at radius 2 is 2.09 bits per heavy atom. The Balaban J connectivity index is 2.72. The highest BCUT2D eigenvalue weighted by Crippen LogP contribution is 2.23. The molecule has 0 aliphatic carbocycles. The molecule has 6 nitrogen and oxygen atoms in total. The summed E-state index contributed by atoms with van der Waals surface area (Å²) in [6.45, 7) is 6.72. The molecule has 0 saturated carbocycles. The zero-order valence-corrected chi connectivity index (χ0v) is 14.8. The summed E-state index contributed by atoms with van der Waals surface area (Å²) in [7, 11) is 3.18. The van der Waals surface area contributed by atoms with Gasteiger partial charge in [-0.1, -0.05) is 19.8 Å². The van der Waals surface area contributed by atoms with E-state index in [1.54, 1.807) is 27.3 Å². The SMILES string of the molecule is CCCC[C@@](C)(OC)C(=O)Nc1cnc(OCCOC)c(C)c1. The molecule has 0 unspecified atom stereocenters. The molecule has 0 fully saturated rings. The van der Waals surface area contributed by atoms with Crippen LogP contribution in [0.2, 0.25) is 0 Å². The van der Waals surface area contributed by atoms with E-state index in [1.165, 1.54) is 0 Å². The topological polar surface area (TPSA) is 69.7 Å². The highest BCUT2D eigenvalue weighted by Gasteiger charge is 2.32. The number of aromatic nitrogens is 1. The molecule has 0 saturated heterocycles. The molecule has 0 aromatic carbocycles. The summed E-state index contributed by atoms with van der Waals surface area (Å²) in [5, 5.41) is 2.87. The average molecular weight is 324 g/mol. The monoisotopic (exact) mass is 324 g/mol. The number of nitrogens with zero attached hydrogens (tertiary/aromatic N) is 1. The first-order valence-electron chi connectivity index (χ1n) is 7.91. The lowest BCUT2D eigenvalue weighted by molar-refractivity contribution is -0.136. The number of methoxy groups -OCH3 is 2. The van der Waals surface area contributed by atoms with E-state index in [2.05, 4.69) is 17.2 Å². The van der Waals surface area contributed by atoms with Gasteiger partial charge in [-0.25, -0.2) is 4.98 Å². The van der Waals surface area contributed by atoms with Crippen molar-refractivity contribution in [3.05, 3.63) is 17.8 Å². The van der Waals surface area contributed by atoms with Gasteiger partial charge in [0.05, 0.1) is 18.5 Å². The summed E-state index contributed by atoms with van der Waals surface area (Å²) in [5.74, 6) is 0.378. The van der Waals surface area contributed by atoms with Gasteiger partial charge in [0.15, 0.2) is 0 Å². The highest BCUT2D eigenvalue weighted by atomic mass is 16.5. The average Bonchev–Trinajstić information content (AvgIpc) is 2.54. The third kappa shape index (κ3) is 5.80. The molecule has 1 rings (SSSR count). The molecule has 1 N–H and O–H groups in total. The molecular formula is C17H28N2O4. The number of pyridine rings is 1. The van der Waals surface area contributed by atoms with Gasteiger partial charge in [0, 0.05) is 19.8 Å². The van der Waals surface area contributed by atoms with Crippen LogP contribution >= 0.6 is 0 Å². The molecule has 130 valence electrons. The molecule has 0 aliphatic rings. The summed E-state index contributed by atoms with van der Waals surface area (Å²) >= 11 is 0. The maximum absolute atomic E-state index is 12.5. The van der Waals surface area contributed by atoms with E-state index in [1.807, 2.05) is 13.0 Å². The van der Waals surface area contributed by atoms with Crippen molar-refractivity contribution < 1.29 is 19.0 Å². The second-order valence-electron chi connectivity index (χ2n) is 5.68. The van der Waals surface area contributed by atoms with Gasteiger partial charge in [-0.05, 0) is 26.3 Å². The zero-order chi connectivity index (χ0) is 17.3. The molecule has 0 spiro atoms. The lowest BCUT2D eigenvalue weighted by Crippen LogP contribution is -2.42. The Morgan fingerprint density at radius 3 is 2.65 bits per heavy atom. The molecule has 1 aromatic heterocycles. The van der Waals surface area contributed by atoms with E-state index >= 15 is 0 Å². The van der Waals surface area contributed by atoms with Crippen molar-refractivity contribution in [3.8, 4) is 5.88 Å². The van der Waals surface area contributed by atoms with Gasteiger partial charge in [0.2, 0.25) is 5.88 Å². The number of aryl methyl sites for hydroxylation is 1. The number of carbonyl (C=O) groups excluding carboxylic acids is 1. The minimum atomic E-state index is -0.836. The Morgan fingerprint density at radius 1 is 1.35 bits per heavy atom. The fraction of sp³-hybridized carbons (Fsp3) is 0.647. The predicted octanol–water partition coefficient (Wildman–Crippen LogP) is 2.95. The first-order chi connectivity index (χ1) is 11.0. The standard InChI is InChI=1S/C17H28N2O4/c1-6-7-8-17(3,22-5)16(20)19-14-11-13(2)15(18-12-14)23-10-9-21-4/h11-12H,6-10H2,1-5H3,(H,19,20)/t17-/m1/s1. The number of amides is 1. The highest BCUT2D eigenvalue weighted by molar-refractivity contribution is 5.97. The van der Waals surface area contributed by atoms with Crippen molar-refractivity contribution in [2.45, 2.75) is 45.6 Å². The Bertz CT molecular complexity index is 507. The van der Waals surface area contributed by atoms with Crippen molar-refractivity contribution in [1.82, 2.24) is 4.98 Å². The van der Waals surface area contributed by atoms with E-state index in [-0.39, 0.29) is 5.91 Å². The van der Waals surface area contributed by atoms with Gasteiger partial charge in [-0.2, -0.15) is 0 Å². The number of rotatable bonds is 10. The maximum Gasteiger partial charge on any atom is 0.256 e. The Labute approximate surface area is 138 Å². The van der Waals surface area contributed by atoms with Gasteiger partial charge in [-0.15, -0.1) is 0 Å². The van der Waals surface area contributed by atoms with Crippen molar-refractivity contribution in [2.75, 3.05) is 32.8 Å². The summed E-state index contributed by atoms with van der Waals surface area (Å²) < 4.78 is 15.9. The van der Waals surface area contributed by atoms with Crippen LogP contribution in [-0.2, 0) is 14.3 Å². The number of hydrogen-bond donors (Lipinski definition) is 1. The van der Waals surface area contributed by atoms with Crippen LogP contribution in [0.25, 0.3) is 0 Å². The molecule has 1 heterocycles. The first kappa shape index (κ1) is 19.4. The van der Waals surface area contributed by atoms with Crippen molar-refractivity contribution >= 4 is 11.6 Å². The van der Waals surface area contributed by atoms with Crippen LogP contribution in [0, 0.1) is 6.92 Å². The van der Waals surface area contributed by atoms with Gasteiger partial charge >= 0.3 is 0 Å². The van der Waals surface area contributed by atoms with Crippen LogP contribution in [0.3, 0.4) is 0 Å². The van der Waals surface area contributed by atoms with Crippen LogP contribution in [0.1, 0.15) is 38.7 Å². The molecule has 1 atom stereocenters. The summed E-state index contributed by atoms with van der Waals surface area (Å²) in [5.41, 5.74) is 0.648. The molecule has 6 heteroatoms. The lowest BCUT2D eigenvalue weighted by atomic mass is 9.97.